The Morgan fingerprint density at radius 3 is 2.00 bits per heavy atom. The highest BCUT2D eigenvalue weighted by Gasteiger charge is 2.26. The van der Waals surface area contributed by atoms with Crippen molar-refractivity contribution >= 4 is 23.0 Å². The molecule has 0 radical (unpaired) electrons. The molecule has 7 nitrogen and oxygen atoms in total. The molecule has 1 aromatic heterocycles. The van der Waals surface area contributed by atoms with Crippen molar-refractivity contribution in [2.45, 2.75) is 19.9 Å². The Labute approximate surface area is 186 Å². The topological polar surface area (TPSA) is 93.0 Å². The molecule has 4 aromatic rings. The van der Waals surface area contributed by atoms with Crippen molar-refractivity contribution in [3.63, 3.8) is 0 Å². The van der Waals surface area contributed by atoms with Crippen LogP contribution in [0, 0.1) is 24.0 Å². The molecule has 0 spiro atoms. The number of hydrogen-bond acceptors (Lipinski definition) is 6. The summed E-state index contributed by atoms with van der Waals surface area (Å²) in [6.45, 7) is 3.95. The van der Waals surface area contributed by atoms with Crippen molar-refractivity contribution in [1.82, 2.24) is 9.97 Å². The number of anilines is 3. The van der Waals surface area contributed by atoms with E-state index in [2.05, 4.69) is 20.6 Å². The molecule has 0 fully saturated rings. The van der Waals surface area contributed by atoms with Gasteiger partial charge in [0, 0.05) is 5.69 Å². The first kappa shape index (κ1) is 21.0. The number of nitrogens with zero attached hydrogens (tertiary/aromatic N) is 3. The molecule has 4 rings (SSSR count). The Morgan fingerprint density at radius 2 is 1.44 bits per heavy atom. The van der Waals surface area contributed by atoms with Gasteiger partial charge in [-0.2, -0.15) is 0 Å². The average Bonchev–Trinajstić information content (AvgIpc) is 2.80. The summed E-state index contributed by atoms with van der Waals surface area (Å²) in [5.41, 5.74) is 4.57. The SMILES string of the molecule is Cc1ccc(Nc2ncnc(NC(c3ccccc3)c3ccccc3)c2[N+](=O)[O-])c(C)c1. The molecule has 0 aliphatic carbocycles. The summed E-state index contributed by atoms with van der Waals surface area (Å²) in [5, 5.41) is 18.5. The summed E-state index contributed by atoms with van der Waals surface area (Å²) < 4.78 is 0. The van der Waals surface area contributed by atoms with Crippen molar-refractivity contribution in [3.8, 4) is 0 Å². The van der Waals surface area contributed by atoms with E-state index in [1.165, 1.54) is 6.33 Å². The third-order valence-corrected chi connectivity index (χ3v) is 5.19. The number of aryl methyl sites for hydroxylation is 2. The second kappa shape index (κ2) is 9.26. The zero-order valence-corrected chi connectivity index (χ0v) is 17.8. The Balaban J connectivity index is 1.75. The molecule has 7 heteroatoms. The van der Waals surface area contributed by atoms with Crippen molar-refractivity contribution in [1.29, 1.82) is 0 Å². The van der Waals surface area contributed by atoms with Crippen LogP contribution in [-0.4, -0.2) is 14.9 Å². The minimum absolute atomic E-state index is 0.138. The van der Waals surface area contributed by atoms with Crippen LogP contribution in [0.5, 0.6) is 0 Å². The molecule has 0 aliphatic rings. The maximum absolute atomic E-state index is 12.1. The van der Waals surface area contributed by atoms with Crippen LogP contribution in [0.4, 0.5) is 23.0 Å². The normalized spacial score (nSPS) is 10.7. The quantitative estimate of drug-likeness (QED) is 0.281. The molecule has 0 bridgehead atoms. The number of aromatic nitrogens is 2. The molecule has 0 amide bonds. The maximum atomic E-state index is 12.1. The first-order valence-corrected chi connectivity index (χ1v) is 10.2. The molecule has 0 saturated carbocycles. The monoisotopic (exact) mass is 425 g/mol. The lowest BCUT2D eigenvalue weighted by molar-refractivity contribution is -0.383. The van der Waals surface area contributed by atoms with Gasteiger partial charge < -0.3 is 10.6 Å². The minimum atomic E-state index is -0.457. The molecule has 32 heavy (non-hydrogen) atoms. The lowest BCUT2D eigenvalue weighted by atomic mass is 9.99. The fraction of sp³-hybridized carbons (Fsp3) is 0.120. The number of nitro groups is 1. The van der Waals surface area contributed by atoms with Gasteiger partial charge in [0.25, 0.3) is 0 Å². The molecule has 0 atom stereocenters. The number of benzene rings is 3. The van der Waals surface area contributed by atoms with Crippen molar-refractivity contribution in [2.75, 3.05) is 10.6 Å². The van der Waals surface area contributed by atoms with Gasteiger partial charge in [-0.05, 0) is 36.6 Å². The highest BCUT2D eigenvalue weighted by Crippen LogP contribution is 2.35. The smallest absolute Gasteiger partial charge is 0.353 e. The van der Waals surface area contributed by atoms with Crippen LogP contribution >= 0.6 is 0 Å². The highest BCUT2D eigenvalue weighted by atomic mass is 16.6. The van der Waals surface area contributed by atoms with E-state index in [9.17, 15) is 10.1 Å². The third kappa shape index (κ3) is 4.57. The maximum Gasteiger partial charge on any atom is 0.353 e. The number of hydrogen-bond donors (Lipinski definition) is 2. The van der Waals surface area contributed by atoms with Crippen LogP contribution in [0.2, 0.25) is 0 Å². The fourth-order valence-corrected chi connectivity index (χ4v) is 3.62. The minimum Gasteiger partial charge on any atom is -0.353 e. The van der Waals surface area contributed by atoms with Crippen molar-refractivity contribution < 1.29 is 4.92 Å². The van der Waals surface area contributed by atoms with Gasteiger partial charge in [0.05, 0.1) is 11.0 Å². The lowest BCUT2D eigenvalue weighted by Gasteiger charge is -2.21. The van der Waals surface area contributed by atoms with Gasteiger partial charge >= 0.3 is 5.69 Å². The zero-order chi connectivity index (χ0) is 22.5. The molecule has 160 valence electrons. The zero-order valence-electron chi connectivity index (χ0n) is 17.8. The summed E-state index contributed by atoms with van der Waals surface area (Å²) in [5.74, 6) is 0.286. The molecule has 0 saturated heterocycles. The van der Waals surface area contributed by atoms with E-state index in [1.807, 2.05) is 92.7 Å². The van der Waals surface area contributed by atoms with Gasteiger partial charge in [-0.1, -0.05) is 78.4 Å². The third-order valence-electron chi connectivity index (χ3n) is 5.19. The summed E-state index contributed by atoms with van der Waals surface area (Å²) in [7, 11) is 0. The van der Waals surface area contributed by atoms with Crippen LogP contribution < -0.4 is 10.6 Å². The molecular weight excluding hydrogens is 402 g/mol. The molecule has 3 aromatic carbocycles. The lowest BCUT2D eigenvalue weighted by Crippen LogP contribution is -2.15. The average molecular weight is 425 g/mol. The Morgan fingerprint density at radius 1 is 0.844 bits per heavy atom. The molecule has 1 heterocycles. The second-order valence-corrected chi connectivity index (χ2v) is 7.52. The van der Waals surface area contributed by atoms with E-state index in [0.29, 0.717) is 0 Å². The van der Waals surface area contributed by atoms with Gasteiger partial charge in [-0.3, -0.25) is 10.1 Å². The van der Waals surface area contributed by atoms with E-state index in [1.54, 1.807) is 0 Å². The Kier molecular flexibility index (Phi) is 6.07. The van der Waals surface area contributed by atoms with E-state index in [4.69, 9.17) is 0 Å². The van der Waals surface area contributed by atoms with E-state index in [0.717, 1.165) is 27.9 Å². The van der Waals surface area contributed by atoms with Crippen LogP contribution in [0.3, 0.4) is 0 Å². The molecule has 0 unspecified atom stereocenters. The van der Waals surface area contributed by atoms with Gasteiger partial charge in [0.15, 0.2) is 0 Å². The number of rotatable bonds is 7. The first-order chi connectivity index (χ1) is 15.5. The predicted octanol–water partition coefficient (Wildman–Crippen LogP) is 5.95. The van der Waals surface area contributed by atoms with E-state index in [-0.39, 0.29) is 23.4 Å². The summed E-state index contributed by atoms with van der Waals surface area (Å²) in [4.78, 5) is 20.0. The standard InChI is InChI=1S/C25H23N5O2/c1-17-13-14-21(18(2)15-17)28-24-23(30(31)32)25(27-16-26-24)29-22(19-9-5-3-6-10-19)20-11-7-4-8-12-20/h3-16,22H,1-2H3,(H2,26,27,28,29). The van der Waals surface area contributed by atoms with Gasteiger partial charge in [0.1, 0.15) is 6.33 Å². The van der Waals surface area contributed by atoms with Crippen LogP contribution in [-0.2, 0) is 0 Å². The summed E-state index contributed by atoms with van der Waals surface area (Å²) in [6, 6.07) is 25.1. The largest absolute Gasteiger partial charge is 0.353 e. The fourth-order valence-electron chi connectivity index (χ4n) is 3.62. The molecule has 0 aliphatic heterocycles. The van der Waals surface area contributed by atoms with E-state index >= 15 is 0 Å². The van der Waals surface area contributed by atoms with Crippen LogP contribution in [0.15, 0.2) is 85.2 Å². The Bertz CT molecular complexity index is 1190. The van der Waals surface area contributed by atoms with Gasteiger partial charge in [-0.15, -0.1) is 0 Å². The first-order valence-electron chi connectivity index (χ1n) is 10.2. The predicted molar refractivity (Wildman–Crippen MR) is 126 cm³/mol. The van der Waals surface area contributed by atoms with Crippen molar-refractivity contribution in [2.24, 2.45) is 0 Å². The Hall–Kier alpha value is -4.26. The van der Waals surface area contributed by atoms with E-state index < -0.39 is 4.92 Å². The summed E-state index contributed by atoms with van der Waals surface area (Å²) in [6.07, 6.45) is 1.33. The van der Waals surface area contributed by atoms with Crippen molar-refractivity contribution in [3.05, 3.63) is 118 Å². The molecular formula is C25H23N5O2. The van der Waals surface area contributed by atoms with Crippen LogP contribution in [0.25, 0.3) is 0 Å². The number of nitrogens with one attached hydrogen (secondary N) is 2. The van der Waals surface area contributed by atoms with Gasteiger partial charge in [0.2, 0.25) is 11.6 Å². The highest BCUT2D eigenvalue weighted by molar-refractivity contribution is 5.75. The van der Waals surface area contributed by atoms with Crippen LogP contribution in [0.1, 0.15) is 28.3 Å². The second-order valence-electron chi connectivity index (χ2n) is 7.52. The molecule has 2 N–H and O–H groups in total. The van der Waals surface area contributed by atoms with Gasteiger partial charge in [-0.25, -0.2) is 9.97 Å². The summed E-state index contributed by atoms with van der Waals surface area (Å²) >= 11 is 0.